The van der Waals surface area contributed by atoms with Crippen molar-refractivity contribution in [2.24, 2.45) is 0 Å². The van der Waals surface area contributed by atoms with Gasteiger partial charge >= 0.3 is 0 Å². The lowest BCUT2D eigenvalue weighted by molar-refractivity contribution is -0.121. The van der Waals surface area contributed by atoms with Gasteiger partial charge in [-0.25, -0.2) is 0 Å². The zero-order chi connectivity index (χ0) is 14.5. The monoisotopic (exact) mass is 293 g/mol. The summed E-state index contributed by atoms with van der Waals surface area (Å²) in [5.41, 5.74) is 2.19. The van der Waals surface area contributed by atoms with Crippen LogP contribution in [0.2, 0.25) is 0 Å². The molecule has 3 nitrogen and oxygen atoms in total. The fraction of sp³-hybridized carbons (Fsp3) is 0.562. The lowest BCUT2D eigenvalue weighted by atomic mass is 10.1. The van der Waals surface area contributed by atoms with E-state index in [0.717, 1.165) is 24.0 Å². The highest BCUT2D eigenvalue weighted by Gasteiger charge is 2.24. The Bertz CT molecular complexity index is 495. The maximum atomic E-state index is 12.3. The Morgan fingerprint density at radius 2 is 2.00 bits per heavy atom. The number of aryl methyl sites for hydroxylation is 1. The molecule has 0 spiro atoms. The van der Waals surface area contributed by atoms with E-state index in [9.17, 15) is 9.00 Å². The van der Waals surface area contributed by atoms with Crippen LogP contribution in [-0.2, 0) is 21.3 Å². The van der Waals surface area contributed by atoms with E-state index < -0.39 is 16.0 Å². The van der Waals surface area contributed by atoms with Gasteiger partial charge in [-0.3, -0.25) is 9.00 Å². The van der Waals surface area contributed by atoms with Gasteiger partial charge in [-0.1, -0.05) is 37.1 Å². The highest BCUT2D eigenvalue weighted by Crippen LogP contribution is 2.18. The molecule has 1 aromatic rings. The largest absolute Gasteiger partial charge is 0.352 e. The van der Waals surface area contributed by atoms with Crippen LogP contribution in [0.5, 0.6) is 0 Å². The van der Waals surface area contributed by atoms with Gasteiger partial charge in [-0.2, -0.15) is 0 Å². The Hall–Kier alpha value is -1.16. The van der Waals surface area contributed by atoms with Crippen LogP contribution in [0.3, 0.4) is 0 Å². The predicted molar refractivity (Wildman–Crippen MR) is 82.9 cm³/mol. The van der Waals surface area contributed by atoms with Crippen LogP contribution in [0.1, 0.15) is 43.7 Å². The Balaban J connectivity index is 1.91. The zero-order valence-corrected chi connectivity index (χ0v) is 13.0. The average molecular weight is 293 g/mol. The third-order valence-corrected chi connectivity index (χ3v) is 5.62. The first-order chi connectivity index (χ1) is 9.58. The van der Waals surface area contributed by atoms with Crippen LogP contribution >= 0.6 is 0 Å². The average Bonchev–Trinajstić information content (AvgIpc) is 2.93. The number of hydrogen-bond acceptors (Lipinski definition) is 2. The van der Waals surface area contributed by atoms with Gasteiger partial charge in [0.2, 0.25) is 5.91 Å². The summed E-state index contributed by atoms with van der Waals surface area (Å²) < 4.78 is 12.3. The predicted octanol–water partition coefficient (Wildman–Crippen LogP) is 2.69. The first-order valence-corrected chi connectivity index (χ1v) is 8.68. The van der Waals surface area contributed by atoms with Crippen molar-refractivity contribution >= 4 is 16.7 Å². The molecule has 0 radical (unpaired) electrons. The molecule has 2 atom stereocenters. The summed E-state index contributed by atoms with van der Waals surface area (Å²) in [7, 11) is -1.17. The number of rotatable bonds is 5. The van der Waals surface area contributed by atoms with Crippen molar-refractivity contribution in [1.82, 2.24) is 5.32 Å². The van der Waals surface area contributed by atoms with Crippen LogP contribution in [-0.4, -0.2) is 21.4 Å². The van der Waals surface area contributed by atoms with Crippen molar-refractivity contribution in [2.75, 3.05) is 0 Å². The van der Waals surface area contributed by atoms with Crippen LogP contribution in [0.4, 0.5) is 0 Å². The molecule has 1 aliphatic rings. The lowest BCUT2D eigenvalue weighted by Crippen LogP contribution is -2.41. The summed E-state index contributed by atoms with van der Waals surface area (Å²) in [5, 5.41) is 2.58. The van der Waals surface area contributed by atoms with Crippen molar-refractivity contribution in [3.8, 4) is 0 Å². The number of nitrogens with one attached hydrogen (secondary N) is 1. The molecule has 0 heterocycles. The number of benzene rings is 1. The number of carbonyl (C=O) groups is 1. The van der Waals surface area contributed by atoms with E-state index >= 15 is 0 Å². The van der Waals surface area contributed by atoms with E-state index in [1.54, 1.807) is 6.92 Å². The van der Waals surface area contributed by atoms with E-state index in [4.69, 9.17) is 0 Å². The summed E-state index contributed by atoms with van der Waals surface area (Å²) in [4.78, 5) is 12.1. The minimum Gasteiger partial charge on any atom is -0.352 e. The lowest BCUT2D eigenvalue weighted by Gasteiger charge is -2.16. The molecule has 1 saturated carbocycles. The maximum Gasteiger partial charge on any atom is 0.235 e. The number of amides is 1. The van der Waals surface area contributed by atoms with Gasteiger partial charge in [0.1, 0.15) is 5.25 Å². The Kier molecular flexibility index (Phi) is 5.35. The summed E-state index contributed by atoms with van der Waals surface area (Å²) >= 11 is 0. The number of carbonyl (C=O) groups excluding carboxylic acids is 1. The third-order valence-electron chi connectivity index (χ3n) is 4.02. The summed E-state index contributed by atoms with van der Waals surface area (Å²) in [6.07, 6.45) is 4.49. The molecule has 20 heavy (non-hydrogen) atoms. The van der Waals surface area contributed by atoms with Gasteiger partial charge in [0.05, 0.1) is 0 Å². The molecule has 1 amide bonds. The summed E-state index contributed by atoms with van der Waals surface area (Å²) in [5.74, 6) is 0.384. The Morgan fingerprint density at radius 1 is 1.35 bits per heavy atom. The van der Waals surface area contributed by atoms with Crippen molar-refractivity contribution < 1.29 is 9.00 Å². The van der Waals surface area contributed by atoms with Crippen molar-refractivity contribution in [2.45, 2.75) is 56.6 Å². The second-order valence-electron chi connectivity index (χ2n) is 5.58. The van der Waals surface area contributed by atoms with Crippen LogP contribution in [0, 0.1) is 6.92 Å². The third kappa shape index (κ3) is 3.92. The zero-order valence-electron chi connectivity index (χ0n) is 12.2. The van der Waals surface area contributed by atoms with E-state index in [2.05, 4.69) is 5.32 Å². The smallest absolute Gasteiger partial charge is 0.235 e. The van der Waals surface area contributed by atoms with Gasteiger partial charge in [-0.15, -0.1) is 0 Å². The molecule has 0 unspecified atom stereocenters. The summed E-state index contributed by atoms with van der Waals surface area (Å²) in [6, 6.07) is 8.20. The fourth-order valence-corrected chi connectivity index (χ4v) is 3.75. The highest BCUT2D eigenvalue weighted by atomic mass is 32.2. The van der Waals surface area contributed by atoms with E-state index in [0.29, 0.717) is 11.8 Å². The molecule has 0 bridgehead atoms. The topological polar surface area (TPSA) is 46.2 Å². The molecule has 0 aromatic heterocycles. The van der Waals surface area contributed by atoms with Crippen molar-refractivity contribution in [3.05, 3.63) is 35.4 Å². The first kappa shape index (κ1) is 15.2. The van der Waals surface area contributed by atoms with E-state index in [1.807, 2.05) is 31.2 Å². The molecule has 4 heteroatoms. The van der Waals surface area contributed by atoms with Gasteiger partial charge < -0.3 is 5.32 Å². The highest BCUT2D eigenvalue weighted by molar-refractivity contribution is 7.85. The molecule has 1 fully saturated rings. The summed E-state index contributed by atoms with van der Waals surface area (Å²) in [6.45, 7) is 3.77. The van der Waals surface area contributed by atoms with E-state index in [1.165, 1.54) is 12.8 Å². The molecule has 0 saturated heterocycles. The van der Waals surface area contributed by atoms with Crippen LogP contribution < -0.4 is 5.32 Å². The molecule has 1 aromatic carbocycles. The van der Waals surface area contributed by atoms with Crippen molar-refractivity contribution in [3.63, 3.8) is 0 Å². The Labute approximate surface area is 123 Å². The van der Waals surface area contributed by atoms with Gasteiger partial charge in [0, 0.05) is 22.6 Å². The normalized spacial score (nSPS) is 18.7. The van der Waals surface area contributed by atoms with Crippen molar-refractivity contribution in [1.29, 1.82) is 0 Å². The molecule has 0 aliphatic heterocycles. The van der Waals surface area contributed by atoms with Crippen LogP contribution in [0.25, 0.3) is 0 Å². The molecular weight excluding hydrogens is 270 g/mol. The Morgan fingerprint density at radius 3 is 2.65 bits per heavy atom. The molecule has 1 N–H and O–H groups in total. The quantitative estimate of drug-likeness (QED) is 0.907. The SMILES string of the molecule is Cc1ccccc1C[S@](=O)[C@H](C)C(=O)NC1CCCC1. The second kappa shape index (κ2) is 7.02. The minimum absolute atomic E-state index is 0.0659. The van der Waals surface area contributed by atoms with Gasteiger partial charge in [0.15, 0.2) is 0 Å². The standard InChI is InChI=1S/C16H23NO2S/c1-12-7-3-4-8-14(12)11-20(19)13(2)16(18)17-15-9-5-6-10-15/h3-4,7-8,13,15H,5-6,9-11H2,1-2H3,(H,17,18)/t13-,20+/m1/s1. The second-order valence-corrected chi connectivity index (χ2v) is 7.34. The first-order valence-electron chi connectivity index (χ1n) is 7.30. The number of hydrogen-bond donors (Lipinski definition) is 1. The van der Waals surface area contributed by atoms with Gasteiger partial charge in [0.25, 0.3) is 0 Å². The molecular formula is C16H23NO2S. The fourth-order valence-electron chi connectivity index (χ4n) is 2.56. The van der Waals surface area contributed by atoms with E-state index in [-0.39, 0.29) is 5.91 Å². The molecule has 1 aliphatic carbocycles. The van der Waals surface area contributed by atoms with Crippen LogP contribution in [0.15, 0.2) is 24.3 Å². The maximum absolute atomic E-state index is 12.3. The van der Waals surface area contributed by atoms with Gasteiger partial charge in [-0.05, 0) is 37.8 Å². The molecule has 110 valence electrons. The molecule has 2 rings (SSSR count). The minimum atomic E-state index is -1.17.